The van der Waals surface area contributed by atoms with E-state index < -0.39 is 6.04 Å². The van der Waals surface area contributed by atoms with Gasteiger partial charge in [-0.3, -0.25) is 9.59 Å². The summed E-state index contributed by atoms with van der Waals surface area (Å²) in [5.74, 6) is 0.489. The minimum absolute atomic E-state index is 0.0175. The molecule has 0 aliphatic carbocycles. The summed E-state index contributed by atoms with van der Waals surface area (Å²) in [5.41, 5.74) is 2.01. The van der Waals surface area contributed by atoms with Gasteiger partial charge < -0.3 is 25.6 Å². The van der Waals surface area contributed by atoms with Crippen LogP contribution >= 0.6 is 0 Å². The van der Waals surface area contributed by atoms with Crippen LogP contribution in [0.15, 0.2) is 18.2 Å². The Kier molecular flexibility index (Phi) is 9.62. The van der Waals surface area contributed by atoms with Gasteiger partial charge in [-0.2, -0.15) is 0 Å². The molecule has 31 heavy (non-hydrogen) atoms. The first kappa shape index (κ1) is 24.5. The van der Waals surface area contributed by atoms with Gasteiger partial charge in [-0.15, -0.1) is 0 Å². The fourth-order valence-corrected chi connectivity index (χ4v) is 3.73. The van der Waals surface area contributed by atoms with Gasteiger partial charge in [0.25, 0.3) is 5.91 Å². The topological polar surface area (TPSA) is 99.8 Å². The van der Waals surface area contributed by atoms with Crippen LogP contribution in [-0.4, -0.2) is 61.6 Å². The van der Waals surface area contributed by atoms with E-state index in [0.717, 1.165) is 36.1 Å². The lowest BCUT2D eigenvalue weighted by atomic mass is 10.0. The molecule has 1 aromatic carbocycles. The first-order valence-electron chi connectivity index (χ1n) is 11.1. The highest BCUT2D eigenvalue weighted by Crippen LogP contribution is 2.22. The average Bonchev–Trinajstić information content (AvgIpc) is 2.71. The lowest BCUT2D eigenvalue weighted by molar-refractivity contribution is -0.127. The zero-order valence-corrected chi connectivity index (χ0v) is 19.1. The first-order valence-corrected chi connectivity index (χ1v) is 11.1. The minimum atomic E-state index is -0.470. The van der Waals surface area contributed by atoms with Crippen LogP contribution in [0.2, 0.25) is 0 Å². The molecular weight excluding hydrogens is 396 g/mol. The molecule has 1 unspecified atom stereocenters. The Morgan fingerprint density at radius 2 is 1.77 bits per heavy atom. The van der Waals surface area contributed by atoms with E-state index in [1.807, 2.05) is 45.9 Å². The first-order chi connectivity index (χ1) is 14.8. The van der Waals surface area contributed by atoms with Crippen molar-refractivity contribution in [1.82, 2.24) is 20.9 Å². The second kappa shape index (κ2) is 12.2. The van der Waals surface area contributed by atoms with Gasteiger partial charge in [-0.1, -0.05) is 32.0 Å². The summed E-state index contributed by atoms with van der Waals surface area (Å²) in [4.78, 5) is 38.3. The summed E-state index contributed by atoms with van der Waals surface area (Å²) in [6, 6.07) is 5.22. The highest BCUT2D eigenvalue weighted by Gasteiger charge is 2.33. The fourth-order valence-electron chi connectivity index (χ4n) is 3.73. The van der Waals surface area contributed by atoms with E-state index in [4.69, 9.17) is 4.74 Å². The summed E-state index contributed by atoms with van der Waals surface area (Å²) in [6.45, 7) is 10.1. The summed E-state index contributed by atoms with van der Waals surface area (Å²) in [7, 11) is 0. The van der Waals surface area contributed by atoms with Crippen LogP contribution in [0.4, 0.5) is 4.79 Å². The average molecular weight is 433 g/mol. The van der Waals surface area contributed by atoms with Gasteiger partial charge in [0.1, 0.15) is 11.8 Å². The molecule has 1 aliphatic heterocycles. The summed E-state index contributed by atoms with van der Waals surface area (Å²) < 4.78 is 5.65. The number of nitrogens with one attached hydrogen (secondary N) is 3. The number of ether oxygens (including phenoxy) is 1. The van der Waals surface area contributed by atoms with Crippen molar-refractivity contribution < 1.29 is 19.1 Å². The zero-order valence-electron chi connectivity index (χ0n) is 19.1. The Hall–Kier alpha value is -2.77. The Bertz CT molecular complexity index is 746. The van der Waals surface area contributed by atoms with E-state index in [9.17, 15) is 14.4 Å². The van der Waals surface area contributed by atoms with Gasteiger partial charge in [0.15, 0.2) is 6.61 Å². The number of urea groups is 1. The molecule has 0 aromatic heterocycles. The molecule has 8 nitrogen and oxygen atoms in total. The molecular formula is C23H36N4O4. The molecule has 1 aliphatic rings. The Morgan fingerprint density at radius 3 is 2.39 bits per heavy atom. The molecule has 1 atom stereocenters. The third-order valence-electron chi connectivity index (χ3n) is 5.33. The lowest BCUT2D eigenvalue weighted by Gasteiger charge is -2.36. The molecule has 0 radical (unpaired) electrons. The Labute approximate surface area is 185 Å². The van der Waals surface area contributed by atoms with Gasteiger partial charge >= 0.3 is 6.03 Å². The van der Waals surface area contributed by atoms with Crippen molar-refractivity contribution in [1.29, 1.82) is 0 Å². The van der Waals surface area contributed by atoms with E-state index in [0.29, 0.717) is 26.2 Å². The van der Waals surface area contributed by atoms with Gasteiger partial charge in [0, 0.05) is 26.2 Å². The third kappa shape index (κ3) is 7.45. The molecule has 3 N–H and O–H groups in total. The summed E-state index contributed by atoms with van der Waals surface area (Å²) >= 11 is 0. The molecule has 172 valence electrons. The largest absolute Gasteiger partial charge is 0.483 e. The minimum Gasteiger partial charge on any atom is -0.483 e. The van der Waals surface area contributed by atoms with Crippen molar-refractivity contribution in [2.45, 2.75) is 53.0 Å². The zero-order chi connectivity index (χ0) is 22.8. The number of rotatable bonds is 11. The van der Waals surface area contributed by atoms with Crippen molar-refractivity contribution >= 4 is 17.8 Å². The van der Waals surface area contributed by atoms with Crippen molar-refractivity contribution in [2.24, 2.45) is 5.92 Å². The van der Waals surface area contributed by atoms with Crippen molar-refractivity contribution in [3.05, 3.63) is 29.3 Å². The van der Waals surface area contributed by atoms with Gasteiger partial charge in [-0.05, 0) is 50.2 Å². The number of para-hydroxylation sites is 1. The fraction of sp³-hybridized carbons (Fsp3) is 0.609. The van der Waals surface area contributed by atoms with E-state index in [-0.39, 0.29) is 30.4 Å². The van der Waals surface area contributed by atoms with Crippen LogP contribution in [0.3, 0.4) is 0 Å². The quantitative estimate of drug-likeness (QED) is 0.467. The van der Waals surface area contributed by atoms with Crippen LogP contribution < -0.4 is 20.7 Å². The van der Waals surface area contributed by atoms with Crippen molar-refractivity contribution in [3.8, 4) is 5.75 Å². The number of aryl methyl sites for hydroxylation is 2. The number of benzene rings is 1. The second-order valence-electron chi connectivity index (χ2n) is 8.33. The summed E-state index contributed by atoms with van der Waals surface area (Å²) in [5, 5.41) is 8.57. The lowest BCUT2D eigenvalue weighted by Crippen LogP contribution is -2.58. The van der Waals surface area contributed by atoms with Gasteiger partial charge in [0.05, 0.1) is 0 Å². The van der Waals surface area contributed by atoms with Crippen LogP contribution in [-0.2, 0) is 9.59 Å². The molecule has 4 amide bonds. The molecule has 1 saturated heterocycles. The van der Waals surface area contributed by atoms with Crippen LogP contribution in [0, 0.1) is 19.8 Å². The van der Waals surface area contributed by atoms with Gasteiger partial charge in [0.2, 0.25) is 5.91 Å². The standard InChI is InChI=1S/C23H36N4O4/c1-16(2)20(27-14-8-13-26-23(27)30)22(29)25-12-6-5-11-24-19(28)15-31-21-17(3)9-7-10-18(21)4/h7,9-10,16,20H,5-6,8,11-15H2,1-4H3,(H,24,28)(H,25,29)(H,26,30). The van der Waals surface area contributed by atoms with Crippen LogP contribution in [0.25, 0.3) is 0 Å². The molecule has 1 heterocycles. The molecule has 2 rings (SSSR count). The number of hydrogen-bond acceptors (Lipinski definition) is 4. The molecule has 0 spiro atoms. The van der Waals surface area contributed by atoms with E-state index in [1.165, 1.54) is 0 Å². The normalized spacial score (nSPS) is 14.7. The molecule has 1 aromatic rings. The Balaban J connectivity index is 1.64. The number of hydrogen-bond donors (Lipinski definition) is 3. The summed E-state index contributed by atoms with van der Waals surface area (Å²) in [6.07, 6.45) is 2.32. The monoisotopic (exact) mass is 432 g/mol. The van der Waals surface area contributed by atoms with Crippen LogP contribution in [0.1, 0.15) is 44.2 Å². The number of carbonyl (C=O) groups excluding carboxylic acids is 3. The van der Waals surface area contributed by atoms with Crippen molar-refractivity contribution in [2.75, 3.05) is 32.8 Å². The maximum atomic E-state index is 12.6. The number of nitrogens with zero attached hydrogens (tertiary/aromatic N) is 1. The highest BCUT2D eigenvalue weighted by molar-refractivity contribution is 5.87. The Morgan fingerprint density at radius 1 is 1.13 bits per heavy atom. The van der Waals surface area contributed by atoms with Crippen molar-refractivity contribution in [3.63, 3.8) is 0 Å². The second-order valence-corrected chi connectivity index (χ2v) is 8.33. The maximum Gasteiger partial charge on any atom is 0.318 e. The SMILES string of the molecule is Cc1cccc(C)c1OCC(=O)NCCCCNC(=O)C(C(C)C)N1CCCNC1=O. The van der Waals surface area contributed by atoms with Gasteiger partial charge in [-0.25, -0.2) is 4.79 Å². The molecule has 1 fully saturated rings. The van der Waals surface area contributed by atoms with E-state index >= 15 is 0 Å². The number of carbonyl (C=O) groups is 3. The molecule has 0 saturated carbocycles. The highest BCUT2D eigenvalue weighted by atomic mass is 16.5. The molecule has 8 heteroatoms. The van der Waals surface area contributed by atoms with Crippen LogP contribution in [0.5, 0.6) is 5.75 Å². The predicted molar refractivity (Wildman–Crippen MR) is 120 cm³/mol. The number of amides is 4. The smallest absolute Gasteiger partial charge is 0.318 e. The van der Waals surface area contributed by atoms with E-state index in [2.05, 4.69) is 16.0 Å². The number of unbranched alkanes of at least 4 members (excludes halogenated alkanes) is 1. The third-order valence-corrected chi connectivity index (χ3v) is 5.33. The predicted octanol–water partition coefficient (Wildman–Crippen LogP) is 2.13. The molecule has 0 bridgehead atoms. The maximum absolute atomic E-state index is 12.6. The van der Waals surface area contributed by atoms with E-state index in [1.54, 1.807) is 4.90 Å².